The number of esters is 1. The number of benzene rings is 1. The van der Waals surface area contributed by atoms with E-state index in [0.717, 1.165) is 5.56 Å². The summed E-state index contributed by atoms with van der Waals surface area (Å²) < 4.78 is 5.02. The van der Waals surface area contributed by atoms with E-state index in [1.165, 1.54) is 12.0 Å². The quantitative estimate of drug-likeness (QED) is 0.635. The Morgan fingerprint density at radius 3 is 2.40 bits per heavy atom. The van der Waals surface area contributed by atoms with Crippen molar-refractivity contribution in [1.82, 2.24) is 4.90 Å². The zero-order valence-electron chi connectivity index (χ0n) is 14.5. The number of hydrogen-bond acceptors (Lipinski definition) is 4. The molecule has 0 spiro atoms. The van der Waals surface area contributed by atoms with Crippen LogP contribution in [0.5, 0.6) is 0 Å². The van der Waals surface area contributed by atoms with Gasteiger partial charge >= 0.3 is 5.97 Å². The van der Waals surface area contributed by atoms with E-state index in [1.807, 2.05) is 24.4 Å². The Kier molecular flexibility index (Phi) is 4.60. The number of fused-ring (bicyclic) bond motifs is 1. The summed E-state index contributed by atoms with van der Waals surface area (Å²) in [5.74, 6) is -2.24. The minimum atomic E-state index is -1.08. The summed E-state index contributed by atoms with van der Waals surface area (Å²) in [6.45, 7) is 3.92. The maximum absolute atomic E-state index is 12.9. The van der Waals surface area contributed by atoms with Gasteiger partial charge in [-0.3, -0.25) is 14.5 Å². The zero-order valence-corrected chi connectivity index (χ0v) is 15.2. The van der Waals surface area contributed by atoms with Crippen molar-refractivity contribution in [2.75, 3.05) is 13.7 Å². The first-order valence-electron chi connectivity index (χ1n) is 8.46. The van der Waals surface area contributed by atoms with Crippen molar-refractivity contribution in [2.24, 2.45) is 11.8 Å². The number of imide groups is 1. The second-order valence-corrected chi connectivity index (χ2v) is 6.99. The van der Waals surface area contributed by atoms with Crippen molar-refractivity contribution in [3.63, 3.8) is 0 Å². The van der Waals surface area contributed by atoms with Gasteiger partial charge in [0.15, 0.2) is 0 Å². The van der Waals surface area contributed by atoms with E-state index in [4.69, 9.17) is 16.3 Å². The summed E-state index contributed by atoms with van der Waals surface area (Å²) in [5, 5.41) is 2.44. The van der Waals surface area contributed by atoms with E-state index in [0.29, 0.717) is 18.0 Å². The van der Waals surface area contributed by atoms with Crippen LogP contribution in [0.4, 0.5) is 0 Å². The van der Waals surface area contributed by atoms with Crippen LogP contribution >= 0.6 is 11.6 Å². The summed E-state index contributed by atoms with van der Waals surface area (Å²) in [7, 11) is 1.32. The lowest BCUT2D eigenvalue weighted by molar-refractivity contribution is -0.734. The Labute approximate surface area is 151 Å². The Hall–Kier alpha value is -1.92. The van der Waals surface area contributed by atoms with Crippen LogP contribution in [0.1, 0.15) is 31.9 Å². The van der Waals surface area contributed by atoms with Crippen LogP contribution < -0.4 is 5.32 Å². The number of hydrogen-bond donors (Lipinski definition) is 1. The third-order valence-corrected chi connectivity index (χ3v) is 5.83. The van der Waals surface area contributed by atoms with Crippen molar-refractivity contribution in [2.45, 2.75) is 31.8 Å². The maximum atomic E-state index is 12.9. The van der Waals surface area contributed by atoms with Gasteiger partial charge < -0.3 is 10.1 Å². The molecule has 6 nitrogen and oxygen atoms in total. The average Bonchev–Trinajstić information content (AvgIpc) is 3.10. The SMILES string of the molecule is CCN1C(=O)[C@@H]2[C@H](c3ccc(Cl)cc3)[NH2+][C@](CC)(C(=O)OC)[C@H]2C1=O. The van der Waals surface area contributed by atoms with Crippen LogP contribution in [-0.2, 0) is 19.1 Å². The molecule has 7 heteroatoms. The predicted molar refractivity (Wildman–Crippen MR) is 90.5 cm³/mol. The van der Waals surface area contributed by atoms with Gasteiger partial charge in [-0.1, -0.05) is 30.7 Å². The highest BCUT2D eigenvalue weighted by Crippen LogP contribution is 2.45. The minimum absolute atomic E-state index is 0.215. The number of nitrogens with two attached hydrogens (primary N) is 1. The van der Waals surface area contributed by atoms with Crippen LogP contribution in [0.25, 0.3) is 0 Å². The largest absolute Gasteiger partial charge is 0.464 e. The number of methoxy groups -OCH3 is 1. The molecule has 2 fully saturated rings. The van der Waals surface area contributed by atoms with Gasteiger partial charge in [-0.15, -0.1) is 0 Å². The Bertz CT molecular complexity index is 720. The van der Waals surface area contributed by atoms with Crippen molar-refractivity contribution >= 4 is 29.4 Å². The van der Waals surface area contributed by atoms with E-state index in [-0.39, 0.29) is 17.9 Å². The lowest BCUT2D eigenvalue weighted by Gasteiger charge is -2.27. The molecule has 0 unspecified atom stereocenters. The summed E-state index contributed by atoms with van der Waals surface area (Å²) in [5.41, 5.74) is -0.210. The first-order chi connectivity index (χ1) is 11.9. The predicted octanol–water partition coefficient (Wildman–Crippen LogP) is 0.901. The number of ether oxygens (including phenoxy) is 1. The number of likely N-dealkylation sites (tertiary alicyclic amines) is 1. The zero-order chi connectivity index (χ0) is 18.4. The third-order valence-electron chi connectivity index (χ3n) is 5.58. The van der Waals surface area contributed by atoms with E-state index in [9.17, 15) is 14.4 Å². The molecule has 0 radical (unpaired) electrons. The topological polar surface area (TPSA) is 80.3 Å². The molecular weight excluding hydrogens is 344 g/mol. The summed E-state index contributed by atoms with van der Waals surface area (Å²) in [6.07, 6.45) is 0.404. The lowest BCUT2D eigenvalue weighted by atomic mass is 9.78. The molecule has 2 saturated heterocycles. The summed E-state index contributed by atoms with van der Waals surface area (Å²) in [4.78, 5) is 39.7. The number of quaternary nitrogens is 1. The van der Waals surface area contributed by atoms with Crippen LogP contribution in [0.15, 0.2) is 24.3 Å². The maximum Gasteiger partial charge on any atom is 0.368 e. The van der Waals surface area contributed by atoms with Crippen LogP contribution in [0, 0.1) is 11.8 Å². The fraction of sp³-hybridized carbons (Fsp3) is 0.500. The Balaban J connectivity index is 2.13. The normalized spacial score (nSPS) is 31.4. The van der Waals surface area contributed by atoms with Crippen molar-refractivity contribution in [3.8, 4) is 0 Å². The third kappa shape index (κ3) is 2.47. The molecule has 1 aromatic carbocycles. The molecule has 0 saturated carbocycles. The molecule has 0 aromatic heterocycles. The molecule has 134 valence electrons. The van der Waals surface area contributed by atoms with Gasteiger partial charge in [0.05, 0.1) is 7.11 Å². The highest BCUT2D eigenvalue weighted by Gasteiger charge is 2.71. The second-order valence-electron chi connectivity index (χ2n) is 6.55. The smallest absolute Gasteiger partial charge is 0.368 e. The van der Waals surface area contributed by atoms with E-state index >= 15 is 0 Å². The molecule has 2 heterocycles. The van der Waals surface area contributed by atoms with Gasteiger partial charge in [-0.2, -0.15) is 0 Å². The van der Waals surface area contributed by atoms with Gasteiger partial charge in [0.1, 0.15) is 17.9 Å². The number of carbonyl (C=O) groups is 3. The average molecular weight is 366 g/mol. The number of amides is 2. The fourth-order valence-electron chi connectivity index (χ4n) is 4.35. The van der Waals surface area contributed by atoms with E-state index in [1.54, 1.807) is 19.1 Å². The highest BCUT2D eigenvalue weighted by molar-refractivity contribution is 6.30. The van der Waals surface area contributed by atoms with Crippen LogP contribution in [0.2, 0.25) is 5.02 Å². The van der Waals surface area contributed by atoms with Gasteiger partial charge in [0.25, 0.3) is 0 Å². The van der Waals surface area contributed by atoms with Gasteiger partial charge in [-0.25, -0.2) is 4.79 Å². The molecule has 2 amide bonds. The van der Waals surface area contributed by atoms with Gasteiger partial charge in [0, 0.05) is 23.6 Å². The molecule has 25 heavy (non-hydrogen) atoms. The second kappa shape index (κ2) is 6.42. The number of carbonyl (C=O) groups excluding carboxylic acids is 3. The first kappa shape index (κ1) is 17.9. The molecule has 3 rings (SSSR count). The molecule has 4 atom stereocenters. The van der Waals surface area contributed by atoms with E-state index < -0.39 is 23.3 Å². The molecule has 0 aliphatic carbocycles. The number of halogens is 1. The summed E-state index contributed by atoms with van der Waals surface area (Å²) >= 11 is 5.97. The minimum Gasteiger partial charge on any atom is -0.464 e. The summed E-state index contributed by atoms with van der Waals surface area (Å²) in [6, 6.07) is 6.87. The number of rotatable bonds is 4. The van der Waals surface area contributed by atoms with E-state index in [2.05, 4.69) is 0 Å². The highest BCUT2D eigenvalue weighted by atomic mass is 35.5. The fourth-order valence-corrected chi connectivity index (χ4v) is 4.48. The molecule has 0 bridgehead atoms. The lowest BCUT2D eigenvalue weighted by Crippen LogP contribution is -2.98. The first-order valence-corrected chi connectivity index (χ1v) is 8.84. The Morgan fingerprint density at radius 2 is 1.88 bits per heavy atom. The standard InChI is InChI=1S/C18H21ClN2O4/c1-4-18(17(24)25-3)13-12(15(22)21(5-2)16(13)23)14(20-18)10-6-8-11(19)9-7-10/h6-9,12-14,20H,4-5H2,1-3H3/p+1/t12-,13+,14-,18-/m0/s1. The monoisotopic (exact) mass is 365 g/mol. The molecule has 2 aliphatic rings. The molecule has 1 aromatic rings. The van der Waals surface area contributed by atoms with Crippen molar-refractivity contribution in [3.05, 3.63) is 34.9 Å². The Morgan fingerprint density at radius 1 is 1.24 bits per heavy atom. The molecular formula is C18H22ClN2O4+. The number of nitrogens with zero attached hydrogens (tertiary/aromatic N) is 1. The van der Waals surface area contributed by atoms with Crippen LogP contribution in [0.3, 0.4) is 0 Å². The molecule has 2 N–H and O–H groups in total. The van der Waals surface area contributed by atoms with Gasteiger partial charge in [0.2, 0.25) is 17.4 Å². The van der Waals surface area contributed by atoms with Crippen molar-refractivity contribution < 1.29 is 24.4 Å². The molecule has 2 aliphatic heterocycles. The van der Waals surface area contributed by atoms with Gasteiger partial charge in [-0.05, 0) is 19.1 Å². The van der Waals surface area contributed by atoms with Crippen molar-refractivity contribution in [1.29, 1.82) is 0 Å². The van der Waals surface area contributed by atoms with Crippen LogP contribution in [-0.4, -0.2) is 41.9 Å².